The van der Waals surface area contributed by atoms with Crippen LogP contribution in [0.3, 0.4) is 0 Å². The van der Waals surface area contributed by atoms with Crippen molar-refractivity contribution in [1.82, 2.24) is 5.32 Å². The van der Waals surface area contributed by atoms with Gasteiger partial charge in [0.25, 0.3) is 0 Å². The number of hydrogen-bond donors (Lipinski definition) is 1. The van der Waals surface area contributed by atoms with Crippen LogP contribution in [-0.2, 0) is 20.4 Å². The summed E-state index contributed by atoms with van der Waals surface area (Å²) in [6, 6.07) is 2.25. The number of halogens is 1. The number of Topliss-reactive ketones (excluding diaryl/α,β-unsaturated/α-hetero) is 1. The lowest BCUT2D eigenvalue weighted by molar-refractivity contribution is -0.132. The molecule has 2 bridgehead atoms. The van der Waals surface area contributed by atoms with Crippen LogP contribution in [0.15, 0.2) is 10.5 Å². The molecule has 3 fully saturated rings. The van der Waals surface area contributed by atoms with Crippen LogP contribution < -0.4 is 14.8 Å². The standard InChI is InChI=1S/C23H28BrNO4/c1-12(26)29-20-17(28-3)8-16(24)18-19(20)23-9-14(27)6-7-15(23)21(22(18,2)11-23)25-10-13-4-5-13/h8,13,15,21,25H,4-7,9-11H2,1-3H3/t15?,21?,22?,23-/m0/s1. The van der Waals surface area contributed by atoms with Gasteiger partial charge in [-0.05, 0) is 55.7 Å². The molecule has 29 heavy (non-hydrogen) atoms. The van der Waals surface area contributed by atoms with Gasteiger partial charge in [-0.2, -0.15) is 0 Å². The molecule has 4 aliphatic carbocycles. The van der Waals surface area contributed by atoms with E-state index in [4.69, 9.17) is 9.47 Å². The van der Waals surface area contributed by atoms with Gasteiger partial charge in [-0.1, -0.05) is 22.9 Å². The van der Waals surface area contributed by atoms with Crippen LogP contribution in [0.1, 0.15) is 63.5 Å². The summed E-state index contributed by atoms with van der Waals surface area (Å²) >= 11 is 3.79. The van der Waals surface area contributed by atoms with Crippen molar-refractivity contribution in [2.75, 3.05) is 13.7 Å². The monoisotopic (exact) mass is 461 g/mol. The minimum absolute atomic E-state index is 0.112. The van der Waals surface area contributed by atoms with Crippen LogP contribution in [0.5, 0.6) is 11.5 Å². The van der Waals surface area contributed by atoms with Crippen LogP contribution in [0.2, 0.25) is 0 Å². The Bertz CT molecular complexity index is 911. The van der Waals surface area contributed by atoms with Crippen LogP contribution >= 0.6 is 15.9 Å². The zero-order valence-electron chi connectivity index (χ0n) is 17.3. The van der Waals surface area contributed by atoms with E-state index in [0.717, 1.165) is 35.3 Å². The predicted molar refractivity (Wildman–Crippen MR) is 113 cm³/mol. The SMILES string of the molecule is COc1cc(Br)c2c(c1OC(C)=O)[C@]13CC(=O)CCC1C(NCC1CC1)C2(C)C3. The molecule has 156 valence electrons. The van der Waals surface area contributed by atoms with Crippen LogP contribution in [0, 0.1) is 11.8 Å². The van der Waals surface area contributed by atoms with Crippen molar-refractivity contribution in [2.45, 2.75) is 69.2 Å². The van der Waals surface area contributed by atoms with Gasteiger partial charge in [0.2, 0.25) is 0 Å². The van der Waals surface area contributed by atoms with Gasteiger partial charge in [0, 0.05) is 46.7 Å². The summed E-state index contributed by atoms with van der Waals surface area (Å²) in [5.74, 6) is 2.18. The molecule has 1 N–H and O–H groups in total. The van der Waals surface area contributed by atoms with Gasteiger partial charge >= 0.3 is 5.97 Å². The maximum Gasteiger partial charge on any atom is 0.308 e. The van der Waals surface area contributed by atoms with E-state index in [1.165, 1.54) is 25.3 Å². The van der Waals surface area contributed by atoms with E-state index in [1.807, 2.05) is 6.07 Å². The first-order chi connectivity index (χ1) is 13.8. The summed E-state index contributed by atoms with van der Waals surface area (Å²) in [5.41, 5.74) is 1.82. The highest BCUT2D eigenvalue weighted by Crippen LogP contribution is 2.71. The lowest BCUT2D eigenvalue weighted by Gasteiger charge is -2.46. The van der Waals surface area contributed by atoms with Crippen LogP contribution in [0.25, 0.3) is 0 Å². The van der Waals surface area contributed by atoms with Crippen molar-refractivity contribution in [2.24, 2.45) is 11.8 Å². The van der Waals surface area contributed by atoms with Crippen molar-refractivity contribution < 1.29 is 19.1 Å². The lowest BCUT2D eigenvalue weighted by atomic mass is 9.61. The molecule has 0 amide bonds. The Morgan fingerprint density at radius 2 is 2.07 bits per heavy atom. The predicted octanol–water partition coefficient (Wildman–Crippen LogP) is 4.03. The van der Waals surface area contributed by atoms with Gasteiger partial charge in [-0.15, -0.1) is 0 Å². The molecule has 5 nitrogen and oxygen atoms in total. The van der Waals surface area contributed by atoms with Crippen molar-refractivity contribution in [1.29, 1.82) is 0 Å². The number of nitrogens with one attached hydrogen (secondary N) is 1. The van der Waals surface area contributed by atoms with Crippen LogP contribution in [-0.4, -0.2) is 31.4 Å². The average molecular weight is 462 g/mol. The lowest BCUT2D eigenvalue weighted by Crippen LogP contribution is -2.53. The maximum absolute atomic E-state index is 12.7. The summed E-state index contributed by atoms with van der Waals surface area (Å²) in [4.78, 5) is 24.6. The second-order valence-corrected chi connectivity index (χ2v) is 10.5. The molecule has 3 saturated carbocycles. The largest absolute Gasteiger partial charge is 0.493 e. The fourth-order valence-corrected chi connectivity index (χ4v) is 7.54. The second-order valence-electron chi connectivity index (χ2n) is 9.67. The minimum atomic E-state index is -0.362. The van der Waals surface area contributed by atoms with Crippen molar-refractivity contribution >= 4 is 27.7 Å². The Morgan fingerprint density at radius 3 is 2.72 bits per heavy atom. The first kappa shape index (κ1) is 19.6. The van der Waals surface area contributed by atoms with E-state index in [0.29, 0.717) is 42.1 Å². The van der Waals surface area contributed by atoms with E-state index < -0.39 is 0 Å². The number of hydrogen-bond acceptors (Lipinski definition) is 5. The molecule has 0 heterocycles. The number of carbonyl (C=O) groups excluding carboxylic acids is 2. The third kappa shape index (κ3) is 2.74. The molecule has 0 radical (unpaired) electrons. The first-order valence-electron chi connectivity index (χ1n) is 10.6. The van der Waals surface area contributed by atoms with Crippen molar-refractivity contribution in [3.05, 3.63) is 21.7 Å². The smallest absolute Gasteiger partial charge is 0.308 e. The van der Waals surface area contributed by atoms with E-state index in [9.17, 15) is 9.59 Å². The van der Waals surface area contributed by atoms with Gasteiger partial charge in [-0.25, -0.2) is 0 Å². The highest BCUT2D eigenvalue weighted by atomic mass is 79.9. The number of rotatable bonds is 5. The summed E-state index contributed by atoms with van der Waals surface area (Å²) in [6.45, 7) is 4.80. The van der Waals surface area contributed by atoms with E-state index in [1.54, 1.807) is 7.11 Å². The number of benzene rings is 1. The van der Waals surface area contributed by atoms with Crippen molar-refractivity contribution in [3.63, 3.8) is 0 Å². The fraction of sp³-hybridized carbons (Fsp3) is 0.652. The molecular formula is C23H28BrNO4. The van der Waals surface area contributed by atoms with Crippen LogP contribution in [0.4, 0.5) is 0 Å². The van der Waals surface area contributed by atoms with Gasteiger partial charge in [0.15, 0.2) is 11.5 Å². The molecule has 5 rings (SSSR count). The molecule has 6 heteroatoms. The molecule has 3 unspecified atom stereocenters. The van der Waals surface area contributed by atoms with Crippen molar-refractivity contribution in [3.8, 4) is 11.5 Å². The third-order valence-corrected chi connectivity index (χ3v) is 8.41. The number of ether oxygens (including phenoxy) is 2. The summed E-state index contributed by atoms with van der Waals surface area (Å²) in [7, 11) is 1.59. The molecule has 1 aromatic carbocycles. The van der Waals surface area contributed by atoms with Gasteiger partial charge in [0.05, 0.1) is 7.11 Å². The Balaban J connectivity index is 1.71. The molecule has 0 saturated heterocycles. The number of carbonyl (C=O) groups is 2. The number of ketones is 1. The van der Waals surface area contributed by atoms with Gasteiger partial charge < -0.3 is 14.8 Å². The van der Waals surface area contributed by atoms with E-state index in [-0.39, 0.29) is 16.8 Å². The Kier molecular flexibility index (Phi) is 4.42. The quantitative estimate of drug-likeness (QED) is 0.529. The number of esters is 1. The molecule has 0 aliphatic heterocycles. The highest BCUT2D eigenvalue weighted by Gasteiger charge is 2.69. The second kappa shape index (κ2) is 6.55. The van der Waals surface area contributed by atoms with E-state index >= 15 is 0 Å². The summed E-state index contributed by atoms with van der Waals surface area (Å²) in [6.07, 6.45) is 5.61. The molecular weight excluding hydrogens is 434 g/mol. The topological polar surface area (TPSA) is 64.6 Å². The molecule has 0 aromatic heterocycles. The first-order valence-corrected chi connectivity index (χ1v) is 11.4. The zero-order valence-corrected chi connectivity index (χ0v) is 18.9. The molecule has 1 aromatic rings. The van der Waals surface area contributed by atoms with Gasteiger partial charge in [0.1, 0.15) is 5.78 Å². The maximum atomic E-state index is 12.7. The Labute approximate surface area is 180 Å². The zero-order chi connectivity index (χ0) is 20.6. The summed E-state index contributed by atoms with van der Waals surface area (Å²) < 4.78 is 12.3. The summed E-state index contributed by atoms with van der Waals surface area (Å²) in [5, 5.41) is 3.91. The molecule has 4 aliphatic rings. The highest BCUT2D eigenvalue weighted by molar-refractivity contribution is 9.10. The van der Waals surface area contributed by atoms with Gasteiger partial charge in [-0.3, -0.25) is 9.59 Å². The molecule has 1 spiro atoms. The number of methoxy groups -OCH3 is 1. The van der Waals surface area contributed by atoms with E-state index in [2.05, 4.69) is 28.2 Å². The normalized spacial score (nSPS) is 34.7. The third-order valence-electron chi connectivity index (χ3n) is 7.78. The average Bonchev–Trinajstić information content (AvgIpc) is 3.39. The fourth-order valence-electron chi connectivity index (χ4n) is 6.68. The Hall–Kier alpha value is -1.40. The number of fused-ring (bicyclic) bond motifs is 3. The molecule has 4 atom stereocenters. The minimum Gasteiger partial charge on any atom is -0.493 e. The Morgan fingerprint density at radius 1 is 1.31 bits per heavy atom.